The summed E-state index contributed by atoms with van der Waals surface area (Å²) in [7, 11) is 0. The molecule has 0 bridgehead atoms. The third-order valence-corrected chi connectivity index (χ3v) is 2.59. The van der Waals surface area contributed by atoms with E-state index < -0.39 is 39.1 Å². The standard InChI is InChI=1S/C12H13NO6.Cu/c1-12(2,3)8-5-6(13(18)19)4-7(10(14)15)9(8)11(16)17;/h4-5H,1-3H3,(H,14,15)(H,16,17);. The van der Waals surface area contributed by atoms with E-state index in [1.807, 2.05) is 0 Å². The Bertz CT molecular complexity index is 576. The van der Waals surface area contributed by atoms with Crippen molar-refractivity contribution >= 4 is 17.6 Å². The molecule has 0 spiro atoms. The van der Waals surface area contributed by atoms with Crippen LogP contribution in [0.15, 0.2) is 12.1 Å². The van der Waals surface area contributed by atoms with Crippen molar-refractivity contribution in [2.45, 2.75) is 26.2 Å². The fourth-order valence-electron chi connectivity index (χ4n) is 1.72. The maximum Gasteiger partial charge on any atom is 0.336 e. The summed E-state index contributed by atoms with van der Waals surface area (Å²) in [5.41, 5.74) is -2.04. The van der Waals surface area contributed by atoms with Gasteiger partial charge in [-0.3, -0.25) is 10.1 Å². The summed E-state index contributed by atoms with van der Waals surface area (Å²) >= 11 is 0. The van der Waals surface area contributed by atoms with Crippen molar-refractivity contribution < 1.29 is 41.8 Å². The van der Waals surface area contributed by atoms with Crippen LogP contribution in [0.25, 0.3) is 0 Å². The van der Waals surface area contributed by atoms with Crippen LogP contribution in [0.2, 0.25) is 0 Å². The van der Waals surface area contributed by atoms with Crippen LogP contribution in [0.4, 0.5) is 5.69 Å². The molecule has 0 atom stereocenters. The molecule has 8 heteroatoms. The molecular formula is C12H13CuNO6. The molecule has 1 aromatic rings. The zero-order valence-corrected chi connectivity index (χ0v) is 11.9. The first-order valence-electron chi connectivity index (χ1n) is 5.35. The van der Waals surface area contributed by atoms with Crippen LogP contribution in [0.5, 0.6) is 0 Å². The van der Waals surface area contributed by atoms with Gasteiger partial charge in [-0.2, -0.15) is 0 Å². The number of nitro benzene ring substituents is 1. The average molecular weight is 331 g/mol. The second kappa shape index (κ2) is 6.02. The van der Waals surface area contributed by atoms with E-state index in [0.29, 0.717) is 0 Å². The molecule has 0 aliphatic rings. The molecule has 0 aliphatic carbocycles. The number of nitrogens with zero attached hydrogens (tertiary/aromatic N) is 1. The topological polar surface area (TPSA) is 118 Å². The van der Waals surface area contributed by atoms with Crippen LogP contribution >= 0.6 is 0 Å². The van der Waals surface area contributed by atoms with Gasteiger partial charge in [0.2, 0.25) is 0 Å². The minimum Gasteiger partial charge on any atom is -0.478 e. The Kier molecular flexibility index (Phi) is 5.44. The number of carboxylic acid groups (broad SMARTS) is 2. The maximum absolute atomic E-state index is 11.2. The Balaban J connectivity index is 0.00000361. The smallest absolute Gasteiger partial charge is 0.336 e. The number of rotatable bonds is 3. The number of nitro groups is 1. The van der Waals surface area contributed by atoms with Gasteiger partial charge in [-0.25, -0.2) is 9.59 Å². The van der Waals surface area contributed by atoms with Crippen molar-refractivity contribution in [3.8, 4) is 0 Å². The van der Waals surface area contributed by atoms with Crippen molar-refractivity contribution in [3.05, 3.63) is 38.9 Å². The van der Waals surface area contributed by atoms with Gasteiger partial charge in [-0.05, 0) is 11.0 Å². The van der Waals surface area contributed by atoms with E-state index in [2.05, 4.69) is 0 Å². The molecule has 113 valence electrons. The number of hydrogen-bond acceptors (Lipinski definition) is 4. The summed E-state index contributed by atoms with van der Waals surface area (Å²) in [6, 6.07) is 1.87. The summed E-state index contributed by atoms with van der Waals surface area (Å²) in [5, 5.41) is 29.0. The monoisotopic (exact) mass is 330 g/mol. The van der Waals surface area contributed by atoms with Crippen molar-refractivity contribution in [2.24, 2.45) is 0 Å². The molecule has 0 saturated carbocycles. The molecule has 1 radical (unpaired) electrons. The fraction of sp³-hybridized carbons (Fsp3) is 0.333. The van der Waals surface area contributed by atoms with E-state index in [0.717, 1.165) is 12.1 Å². The van der Waals surface area contributed by atoms with Crippen LogP contribution in [-0.2, 0) is 22.5 Å². The van der Waals surface area contributed by atoms with E-state index in [4.69, 9.17) is 10.2 Å². The molecule has 0 heterocycles. The van der Waals surface area contributed by atoms with Gasteiger partial charge in [0.15, 0.2) is 0 Å². The van der Waals surface area contributed by atoms with Crippen molar-refractivity contribution in [2.75, 3.05) is 0 Å². The van der Waals surface area contributed by atoms with Gasteiger partial charge in [0.05, 0.1) is 16.1 Å². The van der Waals surface area contributed by atoms with Gasteiger partial charge in [0, 0.05) is 29.2 Å². The molecule has 0 saturated heterocycles. The van der Waals surface area contributed by atoms with E-state index in [1.54, 1.807) is 20.8 Å². The Hall–Kier alpha value is -1.92. The number of carboxylic acids is 2. The van der Waals surface area contributed by atoms with Crippen LogP contribution in [0.1, 0.15) is 47.1 Å². The normalized spacial score (nSPS) is 10.6. The molecule has 20 heavy (non-hydrogen) atoms. The Morgan fingerprint density at radius 3 is 1.95 bits per heavy atom. The quantitative estimate of drug-likeness (QED) is 0.498. The van der Waals surface area contributed by atoms with Crippen LogP contribution < -0.4 is 0 Å². The molecule has 1 rings (SSSR count). The molecule has 0 amide bonds. The molecule has 2 N–H and O–H groups in total. The molecule has 7 nitrogen and oxygen atoms in total. The van der Waals surface area contributed by atoms with Crippen molar-refractivity contribution in [3.63, 3.8) is 0 Å². The van der Waals surface area contributed by atoms with Crippen LogP contribution in [0, 0.1) is 10.1 Å². The first kappa shape index (κ1) is 18.1. The first-order valence-corrected chi connectivity index (χ1v) is 5.35. The van der Waals surface area contributed by atoms with Gasteiger partial charge in [0.25, 0.3) is 5.69 Å². The third-order valence-electron chi connectivity index (χ3n) is 2.59. The largest absolute Gasteiger partial charge is 0.478 e. The molecule has 1 aromatic carbocycles. The van der Waals surface area contributed by atoms with Gasteiger partial charge >= 0.3 is 11.9 Å². The second-order valence-corrected chi connectivity index (χ2v) is 5.03. The fourth-order valence-corrected chi connectivity index (χ4v) is 1.72. The first-order chi connectivity index (χ1) is 8.55. The van der Waals surface area contributed by atoms with Crippen molar-refractivity contribution in [1.29, 1.82) is 0 Å². The average Bonchev–Trinajstić information content (AvgIpc) is 2.25. The number of benzene rings is 1. The van der Waals surface area contributed by atoms with Gasteiger partial charge in [0.1, 0.15) is 0 Å². The number of non-ortho nitro benzene ring substituents is 1. The third kappa shape index (κ3) is 3.55. The van der Waals surface area contributed by atoms with Gasteiger partial charge < -0.3 is 10.2 Å². The number of carbonyl (C=O) groups is 2. The molecular weight excluding hydrogens is 318 g/mol. The molecule has 0 fully saturated rings. The summed E-state index contributed by atoms with van der Waals surface area (Å²) < 4.78 is 0. The predicted molar refractivity (Wildman–Crippen MR) is 65.7 cm³/mol. The minimum absolute atomic E-state index is 0. The van der Waals surface area contributed by atoms with E-state index in [-0.39, 0.29) is 22.6 Å². The van der Waals surface area contributed by atoms with Gasteiger partial charge in [-0.15, -0.1) is 0 Å². The van der Waals surface area contributed by atoms with E-state index >= 15 is 0 Å². The zero-order valence-electron chi connectivity index (χ0n) is 10.9. The Labute approximate surface area is 125 Å². The Morgan fingerprint density at radius 1 is 1.15 bits per heavy atom. The maximum atomic E-state index is 11.2. The number of aromatic carboxylic acids is 2. The van der Waals surface area contributed by atoms with E-state index in [1.165, 1.54) is 0 Å². The minimum atomic E-state index is -1.51. The summed E-state index contributed by atoms with van der Waals surface area (Å²) in [6.07, 6.45) is 0. The molecule has 0 unspecified atom stereocenters. The number of hydrogen-bond donors (Lipinski definition) is 2. The SMILES string of the molecule is CC(C)(C)c1cc([N+](=O)[O-])cc(C(=O)O)c1C(=O)O.[Cu]. The summed E-state index contributed by atoms with van der Waals surface area (Å²) in [5.74, 6) is -2.93. The zero-order chi connectivity index (χ0) is 15.0. The molecule has 0 aromatic heterocycles. The Morgan fingerprint density at radius 2 is 1.65 bits per heavy atom. The second-order valence-electron chi connectivity index (χ2n) is 5.03. The van der Waals surface area contributed by atoms with Crippen molar-refractivity contribution in [1.82, 2.24) is 0 Å². The van der Waals surface area contributed by atoms with E-state index in [9.17, 15) is 19.7 Å². The van der Waals surface area contributed by atoms with Crippen LogP contribution in [-0.4, -0.2) is 27.1 Å². The predicted octanol–water partition coefficient (Wildman–Crippen LogP) is 2.29. The van der Waals surface area contributed by atoms with Crippen LogP contribution in [0.3, 0.4) is 0 Å². The summed E-state index contributed by atoms with van der Waals surface area (Å²) in [6.45, 7) is 4.97. The molecule has 0 aliphatic heterocycles. The van der Waals surface area contributed by atoms with Gasteiger partial charge in [-0.1, -0.05) is 20.8 Å². The summed E-state index contributed by atoms with van der Waals surface area (Å²) in [4.78, 5) is 32.4.